The molecule has 3 aromatic rings. The standard InChI is InChI=1S/C24H17FN2O5/c25-19-9-5-4-8-18(19)21-20(22(28)16-10-12-17(13-11-16)27(31)32)23(29)24(30)26(21)14-15-6-2-1-3-7-15/h1-13,21,28H,14H2/b22-20-. The number of carbonyl (C=O) groups excluding carboxylic acids is 2. The largest absolute Gasteiger partial charge is 0.507 e. The minimum absolute atomic E-state index is 0.0292. The first-order valence-corrected chi connectivity index (χ1v) is 9.70. The van der Waals surface area contributed by atoms with Crippen molar-refractivity contribution < 1.29 is 24.0 Å². The van der Waals surface area contributed by atoms with Crippen LogP contribution in [0.15, 0.2) is 84.4 Å². The van der Waals surface area contributed by atoms with Crippen molar-refractivity contribution in [1.82, 2.24) is 4.90 Å². The summed E-state index contributed by atoms with van der Waals surface area (Å²) in [5, 5.41) is 21.8. The van der Waals surface area contributed by atoms with E-state index in [0.29, 0.717) is 0 Å². The van der Waals surface area contributed by atoms with Gasteiger partial charge in [-0.15, -0.1) is 0 Å². The Balaban J connectivity index is 1.86. The molecular formula is C24H17FN2O5. The van der Waals surface area contributed by atoms with E-state index in [9.17, 15) is 29.2 Å². The maximum absolute atomic E-state index is 14.8. The number of halogens is 1. The maximum atomic E-state index is 14.8. The van der Waals surface area contributed by atoms with Gasteiger partial charge in [-0.3, -0.25) is 19.7 Å². The molecule has 0 aliphatic carbocycles. The summed E-state index contributed by atoms with van der Waals surface area (Å²) in [5.41, 5.74) is 0.424. The van der Waals surface area contributed by atoms with Crippen molar-refractivity contribution in [3.05, 3.63) is 117 Å². The first kappa shape index (κ1) is 20.9. The Morgan fingerprint density at radius 2 is 1.59 bits per heavy atom. The number of aliphatic hydroxyl groups excluding tert-OH is 1. The molecule has 1 fully saturated rings. The van der Waals surface area contributed by atoms with Gasteiger partial charge in [0.25, 0.3) is 17.4 Å². The molecule has 1 heterocycles. The highest BCUT2D eigenvalue weighted by Crippen LogP contribution is 2.41. The molecule has 160 valence electrons. The molecule has 32 heavy (non-hydrogen) atoms. The smallest absolute Gasteiger partial charge is 0.295 e. The number of nitro benzene ring substituents is 1. The molecule has 1 unspecified atom stereocenters. The van der Waals surface area contributed by atoms with Gasteiger partial charge >= 0.3 is 0 Å². The van der Waals surface area contributed by atoms with E-state index in [4.69, 9.17) is 0 Å². The fourth-order valence-corrected chi connectivity index (χ4v) is 3.74. The van der Waals surface area contributed by atoms with Gasteiger partial charge in [0.2, 0.25) is 0 Å². The van der Waals surface area contributed by atoms with Crippen LogP contribution in [-0.4, -0.2) is 26.6 Å². The minimum atomic E-state index is -1.16. The molecule has 3 aromatic carbocycles. The molecule has 1 aliphatic rings. The van der Waals surface area contributed by atoms with Crippen LogP contribution in [0.2, 0.25) is 0 Å². The summed E-state index contributed by atoms with van der Waals surface area (Å²) in [7, 11) is 0. The number of hydrogen-bond donors (Lipinski definition) is 1. The van der Waals surface area contributed by atoms with Crippen molar-refractivity contribution in [3.63, 3.8) is 0 Å². The van der Waals surface area contributed by atoms with Crippen molar-refractivity contribution in [2.45, 2.75) is 12.6 Å². The lowest BCUT2D eigenvalue weighted by Gasteiger charge is -2.25. The zero-order chi connectivity index (χ0) is 22.8. The number of nitro groups is 1. The highest BCUT2D eigenvalue weighted by molar-refractivity contribution is 6.46. The van der Waals surface area contributed by atoms with Crippen LogP contribution in [0, 0.1) is 15.9 Å². The molecule has 1 atom stereocenters. The normalized spacial score (nSPS) is 17.5. The van der Waals surface area contributed by atoms with E-state index in [1.54, 1.807) is 36.4 Å². The number of non-ortho nitro benzene ring substituents is 1. The fraction of sp³-hybridized carbons (Fsp3) is 0.0833. The lowest BCUT2D eigenvalue weighted by atomic mass is 9.94. The number of likely N-dealkylation sites (tertiary alicyclic amines) is 1. The summed E-state index contributed by atoms with van der Waals surface area (Å²) in [6.07, 6.45) is 0. The summed E-state index contributed by atoms with van der Waals surface area (Å²) in [6.45, 7) is 0.0292. The highest BCUT2D eigenvalue weighted by atomic mass is 19.1. The Labute approximate surface area is 182 Å². The van der Waals surface area contributed by atoms with Gasteiger partial charge in [0.1, 0.15) is 11.6 Å². The van der Waals surface area contributed by atoms with E-state index in [1.165, 1.54) is 47.4 Å². The molecule has 1 saturated heterocycles. The second-order valence-electron chi connectivity index (χ2n) is 7.24. The molecule has 0 radical (unpaired) electrons. The van der Waals surface area contributed by atoms with Crippen molar-refractivity contribution >= 4 is 23.1 Å². The average molecular weight is 432 g/mol. The van der Waals surface area contributed by atoms with Gasteiger partial charge in [-0.2, -0.15) is 0 Å². The van der Waals surface area contributed by atoms with Crippen LogP contribution in [0.5, 0.6) is 0 Å². The fourth-order valence-electron chi connectivity index (χ4n) is 3.74. The number of carbonyl (C=O) groups is 2. The van der Waals surface area contributed by atoms with Gasteiger partial charge in [0.15, 0.2) is 0 Å². The monoisotopic (exact) mass is 432 g/mol. The maximum Gasteiger partial charge on any atom is 0.295 e. The topological polar surface area (TPSA) is 101 Å². The predicted molar refractivity (Wildman–Crippen MR) is 114 cm³/mol. The molecule has 8 heteroatoms. The first-order chi connectivity index (χ1) is 15.4. The Bertz CT molecular complexity index is 1240. The second kappa shape index (κ2) is 8.43. The molecule has 1 aliphatic heterocycles. The zero-order valence-corrected chi connectivity index (χ0v) is 16.6. The molecular weight excluding hydrogens is 415 g/mol. The number of amides is 1. The van der Waals surface area contributed by atoms with Crippen molar-refractivity contribution in [2.24, 2.45) is 0 Å². The quantitative estimate of drug-likeness (QED) is 0.212. The van der Waals surface area contributed by atoms with Crippen molar-refractivity contribution in [2.75, 3.05) is 0 Å². The Hall–Kier alpha value is -4.33. The van der Waals surface area contributed by atoms with E-state index < -0.39 is 34.2 Å². The van der Waals surface area contributed by atoms with Crippen LogP contribution in [0.1, 0.15) is 22.7 Å². The van der Waals surface area contributed by atoms with Crippen molar-refractivity contribution in [3.8, 4) is 0 Å². The molecule has 1 N–H and O–H groups in total. The minimum Gasteiger partial charge on any atom is -0.507 e. The number of hydrogen-bond acceptors (Lipinski definition) is 5. The summed E-state index contributed by atoms with van der Waals surface area (Å²) in [6, 6.07) is 18.4. The van der Waals surface area contributed by atoms with E-state index in [2.05, 4.69) is 0 Å². The SMILES string of the molecule is O=C1C(=O)N(Cc2ccccc2)C(c2ccccc2F)/C1=C(/O)c1ccc([N+](=O)[O-])cc1. The number of aliphatic hydroxyl groups is 1. The molecule has 4 rings (SSSR count). The van der Waals surface area contributed by atoms with E-state index in [1.807, 2.05) is 0 Å². The van der Waals surface area contributed by atoms with Gasteiger partial charge in [0, 0.05) is 29.8 Å². The van der Waals surface area contributed by atoms with Gasteiger partial charge in [-0.1, -0.05) is 48.5 Å². The van der Waals surface area contributed by atoms with E-state index in [0.717, 1.165) is 5.56 Å². The number of nitrogens with zero attached hydrogens (tertiary/aromatic N) is 2. The Kier molecular flexibility index (Phi) is 5.51. The predicted octanol–water partition coefficient (Wildman–Crippen LogP) is 4.36. The lowest BCUT2D eigenvalue weighted by molar-refractivity contribution is -0.384. The Morgan fingerprint density at radius 1 is 0.969 bits per heavy atom. The molecule has 0 saturated carbocycles. The average Bonchev–Trinajstić information content (AvgIpc) is 3.04. The van der Waals surface area contributed by atoms with Crippen molar-refractivity contribution in [1.29, 1.82) is 0 Å². The summed E-state index contributed by atoms with van der Waals surface area (Å²) < 4.78 is 14.8. The molecule has 7 nitrogen and oxygen atoms in total. The van der Waals surface area contributed by atoms with Crippen LogP contribution in [0.25, 0.3) is 5.76 Å². The summed E-state index contributed by atoms with van der Waals surface area (Å²) in [4.78, 5) is 37.4. The summed E-state index contributed by atoms with van der Waals surface area (Å²) in [5.74, 6) is -2.98. The summed E-state index contributed by atoms with van der Waals surface area (Å²) >= 11 is 0. The van der Waals surface area contributed by atoms with Gasteiger partial charge in [0.05, 0.1) is 16.5 Å². The third kappa shape index (κ3) is 3.74. The van der Waals surface area contributed by atoms with Crippen LogP contribution in [-0.2, 0) is 16.1 Å². The number of ketones is 1. The van der Waals surface area contributed by atoms with Crippen LogP contribution < -0.4 is 0 Å². The van der Waals surface area contributed by atoms with Gasteiger partial charge < -0.3 is 10.0 Å². The number of rotatable bonds is 5. The highest BCUT2D eigenvalue weighted by Gasteiger charge is 2.46. The third-order valence-electron chi connectivity index (χ3n) is 5.29. The zero-order valence-electron chi connectivity index (χ0n) is 16.6. The molecule has 0 spiro atoms. The van der Waals surface area contributed by atoms with Crippen LogP contribution in [0.4, 0.5) is 10.1 Å². The molecule has 0 bridgehead atoms. The first-order valence-electron chi connectivity index (χ1n) is 9.70. The Morgan fingerprint density at radius 3 is 2.22 bits per heavy atom. The van der Waals surface area contributed by atoms with Crippen LogP contribution in [0.3, 0.4) is 0 Å². The van der Waals surface area contributed by atoms with E-state index >= 15 is 0 Å². The van der Waals surface area contributed by atoms with E-state index in [-0.39, 0.29) is 28.9 Å². The number of benzene rings is 3. The van der Waals surface area contributed by atoms with Gasteiger partial charge in [-0.25, -0.2) is 4.39 Å². The van der Waals surface area contributed by atoms with Gasteiger partial charge in [-0.05, 0) is 23.8 Å². The molecule has 0 aromatic heterocycles. The number of Topliss-reactive ketones (excluding diaryl/α,β-unsaturated/α-hetero) is 1. The third-order valence-corrected chi connectivity index (χ3v) is 5.29. The van der Waals surface area contributed by atoms with Crippen LogP contribution >= 0.6 is 0 Å². The molecule has 1 amide bonds. The second-order valence-corrected chi connectivity index (χ2v) is 7.24. The lowest BCUT2D eigenvalue weighted by Crippen LogP contribution is -2.29.